The number of pyridine rings is 1. The average Bonchev–Trinajstić information content (AvgIpc) is 3.32. The van der Waals surface area contributed by atoms with Crippen LogP contribution < -0.4 is 10.2 Å². The summed E-state index contributed by atoms with van der Waals surface area (Å²) in [5.41, 5.74) is 2.72. The molecule has 8 nitrogen and oxygen atoms in total. The topological polar surface area (TPSA) is 88.8 Å². The largest absolute Gasteiger partial charge is 0.351 e. The lowest BCUT2D eigenvalue weighted by atomic mass is 10.2. The van der Waals surface area contributed by atoms with Gasteiger partial charge in [-0.2, -0.15) is 5.10 Å². The monoisotopic (exact) mass is 363 g/mol. The summed E-state index contributed by atoms with van der Waals surface area (Å²) < 4.78 is 1.75. The number of anilines is 1. The van der Waals surface area contributed by atoms with Gasteiger partial charge in [-0.25, -0.2) is 9.97 Å². The van der Waals surface area contributed by atoms with E-state index in [0.29, 0.717) is 18.9 Å². The fraction of sp³-hybridized carbons (Fsp3) is 0.316. The summed E-state index contributed by atoms with van der Waals surface area (Å²) in [5.74, 6) is 0.695. The van der Waals surface area contributed by atoms with Crippen molar-refractivity contribution in [1.82, 2.24) is 30.0 Å². The van der Waals surface area contributed by atoms with E-state index in [1.165, 1.54) is 0 Å². The van der Waals surface area contributed by atoms with Gasteiger partial charge in [0.15, 0.2) is 0 Å². The highest BCUT2D eigenvalue weighted by Crippen LogP contribution is 2.21. The van der Waals surface area contributed by atoms with Crippen molar-refractivity contribution in [3.63, 3.8) is 0 Å². The van der Waals surface area contributed by atoms with Crippen LogP contribution in [0.25, 0.3) is 11.3 Å². The molecule has 1 fully saturated rings. The average molecular weight is 363 g/mol. The van der Waals surface area contributed by atoms with Gasteiger partial charge in [-0.3, -0.25) is 14.5 Å². The summed E-state index contributed by atoms with van der Waals surface area (Å²) >= 11 is 0. The number of aromatic nitrogens is 5. The quantitative estimate of drug-likeness (QED) is 0.733. The third-order valence-corrected chi connectivity index (χ3v) is 4.57. The first-order valence-electron chi connectivity index (χ1n) is 8.92. The molecule has 0 bridgehead atoms. The van der Waals surface area contributed by atoms with E-state index in [2.05, 4.69) is 30.3 Å². The molecule has 1 N–H and O–H groups in total. The first-order valence-corrected chi connectivity index (χ1v) is 8.92. The van der Waals surface area contributed by atoms with Crippen LogP contribution in [0.15, 0.2) is 49.2 Å². The molecule has 0 spiro atoms. The van der Waals surface area contributed by atoms with Gasteiger partial charge in [-0.05, 0) is 24.1 Å². The van der Waals surface area contributed by atoms with E-state index in [4.69, 9.17) is 0 Å². The molecule has 4 rings (SSSR count). The number of nitrogens with zero attached hydrogens (tertiary/aromatic N) is 6. The Balaban J connectivity index is 1.37. The highest BCUT2D eigenvalue weighted by molar-refractivity contribution is 5.78. The van der Waals surface area contributed by atoms with Gasteiger partial charge in [0.1, 0.15) is 0 Å². The van der Waals surface area contributed by atoms with E-state index >= 15 is 0 Å². The van der Waals surface area contributed by atoms with Gasteiger partial charge in [0, 0.05) is 56.5 Å². The van der Waals surface area contributed by atoms with Crippen LogP contribution in [0, 0.1) is 0 Å². The van der Waals surface area contributed by atoms with E-state index < -0.39 is 0 Å². The number of amides is 1. The molecule has 3 aromatic rings. The molecule has 0 aromatic carbocycles. The van der Waals surface area contributed by atoms with E-state index in [1.54, 1.807) is 29.5 Å². The van der Waals surface area contributed by atoms with Crippen LogP contribution in [-0.2, 0) is 18.3 Å². The second kappa shape index (κ2) is 7.53. The predicted octanol–water partition coefficient (Wildman–Crippen LogP) is 1.21. The van der Waals surface area contributed by atoms with Gasteiger partial charge in [0.2, 0.25) is 11.9 Å². The summed E-state index contributed by atoms with van der Waals surface area (Å²) in [6.45, 7) is 1.52. The van der Waals surface area contributed by atoms with Crippen molar-refractivity contribution < 1.29 is 4.79 Å². The van der Waals surface area contributed by atoms with Crippen molar-refractivity contribution in [2.24, 2.45) is 7.05 Å². The zero-order valence-corrected chi connectivity index (χ0v) is 15.1. The molecule has 1 aliphatic rings. The summed E-state index contributed by atoms with van der Waals surface area (Å²) in [5, 5.41) is 7.29. The van der Waals surface area contributed by atoms with Crippen molar-refractivity contribution in [3.05, 3.63) is 54.7 Å². The number of nitrogens with one attached hydrogen (secondary N) is 1. The number of aryl methyl sites for hydroxylation is 1. The third kappa shape index (κ3) is 4.11. The first-order chi connectivity index (χ1) is 13.2. The molecule has 1 atom stereocenters. The standard InChI is InChI=1S/C19H21N7O/c1-25-12-15(11-22-25)17-4-7-21-19(24-17)26-8-5-16(13-26)23-18(27)9-14-3-2-6-20-10-14/h2-4,6-7,10-12,16H,5,8-9,13H2,1H3,(H,23,27). The smallest absolute Gasteiger partial charge is 0.225 e. The molecule has 1 unspecified atom stereocenters. The first kappa shape index (κ1) is 17.1. The van der Waals surface area contributed by atoms with Crippen molar-refractivity contribution in [3.8, 4) is 11.3 Å². The van der Waals surface area contributed by atoms with Gasteiger partial charge in [0.25, 0.3) is 0 Å². The molecule has 0 aliphatic carbocycles. The Kier molecular flexibility index (Phi) is 4.78. The maximum Gasteiger partial charge on any atom is 0.225 e. The molecule has 27 heavy (non-hydrogen) atoms. The van der Waals surface area contributed by atoms with Gasteiger partial charge in [-0.15, -0.1) is 0 Å². The molecule has 4 heterocycles. The SMILES string of the molecule is Cn1cc(-c2ccnc(N3CCC(NC(=O)Cc4cccnc4)C3)n2)cn1. The van der Waals surface area contributed by atoms with Gasteiger partial charge >= 0.3 is 0 Å². The van der Waals surface area contributed by atoms with Crippen molar-refractivity contribution >= 4 is 11.9 Å². The van der Waals surface area contributed by atoms with Gasteiger partial charge < -0.3 is 10.2 Å². The van der Waals surface area contributed by atoms with Gasteiger partial charge in [-0.1, -0.05) is 6.07 Å². The van der Waals surface area contributed by atoms with Crippen molar-refractivity contribution in [2.45, 2.75) is 18.9 Å². The number of carbonyl (C=O) groups excluding carboxylic acids is 1. The number of rotatable bonds is 5. The van der Waals surface area contributed by atoms with Gasteiger partial charge in [0.05, 0.1) is 18.3 Å². The molecule has 0 radical (unpaired) electrons. The lowest BCUT2D eigenvalue weighted by Gasteiger charge is -2.17. The second-order valence-corrected chi connectivity index (χ2v) is 6.68. The predicted molar refractivity (Wildman–Crippen MR) is 101 cm³/mol. The Morgan fingerprint density at radius 2 is 2.22 bits per heavy atom. The normalized spacial score (nSPS) is 16.5. The van der Waals surface area contributed by atoms with Crippen molar-refractivity contribution in [1.29, 1.82) is 0 Å². The van der Waals surface area contributed by atoms with Crippen LogP contribution in [0.4, 0.5) is 5.95 Å². The van der Waals surface area contributed by atoms with Crippen LogP contribution in [-0.4, -0.2) is 49.8 Å². The highest BCUT2D eigenvalue weighted by atomic mass is 16.1. The van der Waals surface area contributed by atoms with E-state index in [-0.39, 0.29) is 11.9 Å². The lowest BCUT2D eigenvalue weighted by molar-refractivity contribution is -0.121. The summed E-state index contributed by atoms with van der Waals surface area (Å²) in [6, 6.07) is 5.72. The molecule has 8 heteroatoms. The summed E-state index contributed by atoms with van der Waals surface area (Å²) in [4.78, 5) is 27.5. The maximum absolute atomic E-state index is 12.3. The summed E-state index contributed by atoms with van der Waals surface area (Å²) in [6.07, 6.45) is 10.1. The van der Waals surface area contributed by atoms with Crippen LogP contribution in [0.3, 0.4) is 0 Å². The molecule has 3 aromatic heterocycles. The zero-order valence-electron chi connectivity index (χ0n) is 15.1. The molecule has 0 saturated carbocycles. The number of carbonyl (C=O) groups is 1. The minimum Gasteiger partial charge on any atom is -0.351 e. The minimum atomic E-state index is 0.0138. The van der Waals surface area contributed by atoms with E-state index in [9.17, 15) is 4.79 Å². The fourth-order valence-corrected chi connectivity index (χ4v) is 3.24. The molecule has 138 valence electrons. The third-order valence-electron chi connectivity index (χ3n) is 4.57. The van der Waals surface area contributed by atoms with Crippen LogP contribution in [0.2, 0.25) is 0 Å². The Morgan fingerprint density at radius 3 is 3.00 bits per heavy atom. The molecular formula is C19H21N7O. The lowest BCUT2D eigenvalue weighted by Crippen LogP contribution is -2.38. The number of hydrogen-bond acceptors (Lipinski definition) is 6. The Labute approximate surface area is 157 Å². The second-order valence-electron chi connectivity index (χ2n) is 6.68. The molecule has 1 saturated heterocycles. The Bertz CT molecular complexity index is 925. The minimum absolute atomic E-state index is 0.0138. The maximum atomic E-state index is 12.3. The van der Waals surface area contributed by atoms with Crippen LogP contribution >= 0.6 is 0 Å². The zero-order chi connectivity index (χ0) is 18.6. The number of hydrogen-bond donors (Lipinski definition) is 1. The van der Waals surface area contributed by atoms with Crippen LogP contribution in [0.1, 0.15) is 12.0 Å². The molecular weight excluding hydrogens is 342 g/mol. The summed E-state index contributed by atoms with van der Waals surface area (Å²) in [7, 11) is 1.88. The Morgan fingerprint density at radius 1 is 1.30 bits per heavy atom. The highest BCUT2D eigenvalue weighted by Gasteiger charge is 2.26. The van der Waals surface area contributed by atoms with E-state index in [0.717, 1.165) is 29.8 Å². The Hall–Kier alpha value is -3.29. The molecule has 1 amide bonds. The van der Waals surface area contributed by atoms with E-state index in [1.807, 2.05) is 31.4 Å². The van der Waals surface area contributed by atoms with Crippen molar-refractivity contribution in [2.75, 3.05) is 18.0 Å². The van der Waals surface area contributed by atoms with Crippen LogP contribution in [0.5, 0.6) is 0 Å². The fourth-order valence-electron chi connectivity index (χ4n) is 3.24. The molecule has 1 aliphatic heterocycles.